The lowest BCUT2D eigenvalue weighted by molar-refractivity contribution is -0.139. The predicted molar refractivity (Wildman–Crippen MR) is 116 cm³/mol. The zero-order valence-corrected chi connectivity index (χ0v) is 18.1. The maximum atomic E-state index is 13.2. The zero-order chi connectivity index (χ0) is 22.4. The summed E-state index contributed by atoms with van der Waals surface area (Å²) in [4.78, 5) is 24.5. The lowest BCUT2D eigenvalue weighted by Gasteiger charge is -2.17. The van der Waals surface area contributed by atoms with Crippen LogP contribution in [0.1, 0.15) is 27.7 Å². The van der Waals surface area contributed by atoms with E-state index in [1.807, 2.05) is 38.1 Å². The maximum Gasteiger partial charge on any atom is 0.309 e. The Bertz CT molecular complexity index is 1140. The SMILES string of the molecule is Cc1ccc(CNC(=O)C(=O)NCC(c2ccco2)S(=O)(=O)c2ccc(C)cc2)cc1. The van der Waals surface area contributed by atoms with E-state index < -0.39 is 26.9 Å². The standard InChI is InChI=1S/C23H24N2O5S/c1-16-5-9-18(10-6-16)14-24-22(26)23(27)25-15-21(20-4-3-13-30-20)31(28,29)19-11-7-17(2)8-12-19/h3-13,21H,14-15H2,1-2H3,(H,24,26)(H,25,27). The number of amides is 2. The molecule has 31 heavy (non-hydrogen) atoms. The average Bonchev–Trinajstić information content (AvgIpc) is 3.27. The van der Waals surface area contributed by atoms with Gasteiger partial charge in [-0.1, -0.05) is 47.5 Å². The van der Waals surface area contributed by atoms with Gasteiger partial charge in [-0.15, -0.1) is 0 Å². The van der Waals surface area contributed by atoms with Crippen LogP contribution in [-0.4, -0.2) is 26.8 Å². The molecule has 8 heteroatoms. The summed E-state index contributed by atoms with van der Waals surface area (Å²) < 4.78 is 31.6. The number of carbonyl (C=O) groups is 2. The molecule has 0 aliphatic carbocycles. The minimum atomic E-state index is -3.86. The van der Waals surface area contributed by atoms with Crippen LogP contribution in [0.2, 0.25) is 0 Å². The Kier molecular flexibility index (Phi) is 6.91. The first kappa shape index (κ1) is 22.3. The lowest BCUT2D eigenvalue weighted by Crippen LogP contribution is -2.42. The molecule has 0 aliphatic rings. The van der Waals surface area contributed by atoms with Crippen molar-refractivity contribution in [3.8, 4) is 0 Å². The first-order valence-corrected chi connectivity index (χ1v) is 11.3. The largest absolute Gasteiger partial charge is 0.468 e. The van der Waals surface area contributed by atoms with E-state index in [1.54, 1.807) is 18.2 Å². The van der Waals surface area contributed by atoms with Crippen molar-refractivity contribution in [2.24, 2.45) is 0 Å². The summed E-state index contributed by atoms with van der Waals surface area (Å²) in [5.74, 6) is -1.57. The molecular weight excluding hydrogens is 416 g/mol. The van der Waals surface area contributed by atoms with Gasteiger partial charge in [-0.3, -0.25) is 9.59 Å². The van der Waals surface area contributed by atoms with E-state index in [-0.39, 0.29) is 23.7 Å². The molecule has 1 heterocycles. The Balaban J connectivity index is 1.68. The molecule has 7 nitrogen and oxygen atoms in total. The molecule has 0 saturated heterocycles. The summed E-state index contributed by atoms with van der Waals surface area (Å²) in [7, 11) is -3.86. The smallest absolute Gasteiger partial charge is 0.309 e. The second-order valence-electron chi connectivity index (χ2n) is 7.24. The van der Waals surface area contributed by atoms with Crippen LogP contribution >= 0.6 is 0 Å². The molecule has 1 atom stereocenters. The van der Waals surface area contributed by atoms with E-state index in [2.05, 4.69) is 10.6 Å². The van der Waals surface area contributed by atoms with Gasteiger partial charge in [0, 0.05) is 13.1 Å². The molecule has 162 valence electrons. The zero-order valence-electron chi connectivity index (χ0n) is 17.3. The number of hydrogen-bond acceptors (Lipinski definition) is 5. The van der Waals surface area contributed by atoms with Crippen LogP contribution in [0.4, 0.5) is 0 Å². The fourth-order valence-electron chi connectivity index (χ4n) is 2.96. The Morgan fingerprint density at radius 2 is 1.45 bits per heavy atom. The second kappa shape index (κ2) is 9.61. The van der Waals surface area contributed by atoms with Gasteiger partial charge >= 0.3 is 11.8 Å². The first-order chi connectivity index (χ1) is 14.8. The molecule has 3 rings (SSSR count). The summed E-state index contributed by atoms with van der Waals surface area (Å²) in [6.45, 7) is 3.70. The topological polar surface area (TPSA) is 105 Å². The Morgan fingerprint density at radius 1 is 0.871 bits per heavy atom. The van der Waals surface area contributed by atoms with Gasteiger partial charge in [0.1, 0.15) is 11.0 Å². The van der Waals surface area contributed by atoms with Crippen LogP contribution in [-0.2, 0) is 26.0 Å². The summed E-state index contributed by atoms with van der Waals surface area (Å²) >= 11 is 0. The molecular formula is C23H24N2O5S. The molecule has 1 unspecified atom stereocenters. The lowest BCUT2D eigenvalue weighted by atomic mass is 10.1. The van der Waals surface area contributed by atoms with Gasteiger partial charge in [-0.05, 0) is 43.7 Å². The average molecular weight is 441 g/mol. The molecule has 0 aliphatic heterocycles. The molecule has 2 N–H and O–H groups in total. The second-order valence-corrected chi connectivity index (χ2v) is 9.37. The first-order valence-electron chi connectivity index (χ1n) is 9.73. The van der Waals surface area contributed by atoms with Gasteiger partial charge in [-0.2, -0.15) is 0 Å². The molecule has 1 aromatic heterocycles. The third kappa shape index (κ3) is 5.61. The monoisotopic (exact) mass is 440 g/mol. The van der Waals surface area contributed by atoms with E-state index in [4.69, 9.17) is 4.42 Å². The van der Waals surface area contributed by atoms with E-state index >= 15 is 0 Å². The van der Waals surface area contributed by atoms with Gasteiger partial charge in [0.2, 0.25) is 0 Å². The number of benzene rings is 2. The van der Waals surface area contributed by atoms with Crippen LogP contribution in [0.25, 0.3) is 0 Å². The van der Waals surface area contributed by atoms with Crippen LogP contribution in [0.5, 0.6) is 0 Å². The molecule has 0 saturated carbocycles. The fourth-order valence-corrected chi connectivity index (χ4v) is 4.55. The van der Waals surface area contributed by atoms with Crippen molar-refractivity contribution in [1.82, 2.24) is 10.6 Å². The molecule has 0 spiro atoms. The Morgan fingerprint density at radius 3 is 2.03 bits per heavy atom. The number of nitrogens with one attached hydrogen (secondary N) is 2. The summed E-state index contributed by atoms with van der Waals surface area (Å²) in [5.41, 5.74) is 2.86. The highest BCUT2D eigenvalue weighted by Gasteiger charge is 2.32. The predicted octanol–water partition coefficient (Wildman–Crippen LogP) is 2.84. The molecule has 2 aromatic carbocycles. The van der Waals surface area contributed by atoms with Crippen molar-refractivity contribution >= 4 is 21.7 Å². The van der Waals surface area contributed by atoms with Crippen LogP contribution < -0.4 is 10.6 Å². The number of carbonyl (C=O) groups excluding carboxylic acids is 2. The van der Waals surface area contributed by atoms with Crippen molar-refractivity contribution in [3.05, 3.63) is 89.4 Å². The highest BCUT2D eigenvalue weighted by molar-refractivity contribution is 7.91. The number of aryl methyl sites for hydroxylation is 2. The van der Waals surface area contributed by atoms with Gasteiger partial charge in [0.15, 0.2) is 9.84 Å². The van der Waals surface area contributed by atoms with Gasteiger partial charge < -0.3 is 15.1 Å². The van der Waals surface area contributed by atoms with Crippen molar-refractivity contribution in [1.29, 1.82) is 0 Å². The van der Waals surface area contributed by atoms with E-state index in [1.165, 1.54) is 24.5 Å². The maximum absolute atomic E-state index is 13.2. The van der Waals surface area contributed by atoms with E-state index in [0.29, 0.717) is 0 Å². The van der Waals surface area contributed by atoms with Crippen molar-refractivity contribution in [3.63, 3.8) is 0 Å². The molecule has 2 amide bonds. The molecule has 0 radical (unpaired) electrons. The number of furan rings is 1. The number of hydrogen-bond donors (Lipinski definition) is 2. The highest BCUT2D eigenvalue weighted by Crippen LogP contribution is 2.29. The fraction of sp³-hybridized carbons (Fsp3) is 0.217. The number of rotatable bonds is 7. The van der Waals surface area contributed by atoms with Crippen LogP contribution in [0.3, 0.4) is 0 Å². The minimum Gasteiger partial charge on any atom is -0.468 e. The van der Waals surface area contributed by atoms with Crippen LogP contribution in [0, 0.1) is 13.8 Å². The highest BCUT2D eigenvalue weighted by atomic mass is 32.2. The summed E-state index contributed by atoms with van der Waals surface area (Å²) in [6.07, 6.45) is 1.36. The molecule has 3 aromatic rings. The van der Waals surface area contributed by atoms with Gasteiger partial charge in [-0.25, -0.2) is 8.42 Å². The quantitative estimate of drug-likeness (QED) is 0.550. The summed E-state index contributed by atoms with van der Waals surface area (Å²) in [5, 5.41) is 3.78. The van der Waals surface area contributed by atoms with Crippen molar-refractivity contribution in [2.45, 2.75) is 30.5 Å². The summed E-state index contributed by atoms with van der Waals surface area (Å²) in [6, 6.07) is 17.0. The Hall–Kier alpha value is -3.39. The van der Waals surface area contributed by atoms with E-state index in [0.717, 1.165) is 16.7 Å². The normalized spacial score (nSPS) is 12.2. The van der Waals surface area contributed by atoms with Gasteiger partial charge in [0.25, 0.3) is 0 Å². The number of sulfone groups is 1. The molecule has 0 fully saturated rings. The Labute approximate surface area is 181 Å². The minimum absolute atomic E-state index is 0.109. The van der Waals surface area contributed by atoms with E-state index in [9.17, 15) is 18.0 Å². The van der Waals surface area contributed by atoms with Crippen molar-refractivity contribution in [2.75, 3.05) is 6.54 Å². The van der Waals surface area contributed by atoms with Crippen LogP contribution in [0.15, 0.2) is 76.2 Å². The molecule has 0 bridgehead atoms. The third-order valence-electron chi connectivity index (χ3n) is 4.81. The third-order valence-corrected chi connectivity index (χ3v) is 6.89. The van der Waals surface area contributed by atoms with Crippen molar-refractivity contribution < 1.29 is 22.4 Å². The van der Waals surface area contributed by atoms with Gasteiger partial charge in [0.05, 0.1) is 11.2 Å².